The molecule has 1 amide bonds. The van der Waals surface area contributed by atoms with Crippen molar-refractivity contribution in [1.82, 2.24) is 4.90 Å². The van der Waals surface area contributed by atoms with Gasteiger partial charge in [0.15, 0.2) is 0 Å². The van der Waals surface area contributed by atoms with Gasteiger partial charge in [0.1, 0.15) is 0 Å². The molecule has 15 heavy (non-hydrogen) atoms. The van der Waals surface area contributed by atoms with E-state index in [0.717, 1.165) is 6.54 Å². The predicted octanol–water partition coefficient (Wildman–Crippen LogP) is 0.230. The fourth-order valence-electron chi connectivity index (χ4n) is 2.54. The maximum atomic E-state index is 11.4. The highest BCUT2D eigenvalue weighted by Crippen LogP contribution is 2.39. The molecule has 1 rings (SSSR count). The number of carbonyl (C=O) groups excluding carboxylic acids is 1. The molecule has 86 valence electrons. The fraction of sp³-hybridized carbons (Fsp3) is 0.727. The Labute approximate surface area is 91.3 Å². The average Bonchev–Trinajstić information content (AvgIpc) is 2.25. The molecule has 0 fully saturated rings. The van der Waals surface area contributed by atoms with Crippen molar-refractivity contribution < 1.29 is 4.79 Å². The summed E-state index contributed by atoms with van der Waals surface area (Å²) >= 11 is 0. The van der Waals surface area contributed by atoms with Crippen LogP contribution in [0.25, 0.3) is 0 Å². The third-order valence-corrected chi connectivity index (χ3v) is 3.15. The van der Waals surface area contributed by atoms with Crippen LogP contribution in [0.5, 0.6) is 0 Å². The molecule has 0 spiro atoms. The fourth-order valence-corrected chi connectivity index (χ4v) is 2.54. The summed E-state index contributed by atoms with van der Waals surface area (Å²) in [6, 6.07) is 0. The second kappa shape index (κ2) is 3.61. The Balaban J connectivity index is 3.11. The zero-order chi connectivity index (χ0) is 11.9. The van der Waals surface area contributed by atoms with E-state index in [2.05, 4.69) is 18.7 Å². The zero-order valence-corrected chi connectivity index (χ0v) is 10.0. The lowest BCUT2D eigenvalue weighted by atomic mass is 9.95. The van der Waals surface area contributed by atoms with Gasteiger partial charge in [-0.25, -0.2) is 0 Å². The van der Waals surface area contributed by atoms with Crippen LogP contribution in [0.15, 0.2) is 11.6 Å². The number of carbonyl (C=O) groups is 1. The van der Waals surface area contributed by atoms with Crippen molar-refractivity contribution in [3.63, 3.8) is 0 Å². The summed E-state index contributed by atoms with van der Waals surface area (Å²) in [7, 11) is 0. The first-order chi connectivity index (χ1) is 6.73. The predicted molar refractivity (Wildman–Crippen MR) is 61.2 cm³/mol. The van der Waals surface area contributed by atoms with E-state index in [4.69, 9.17) is 11.5 Å². The van der Waals surface area contributed by atoms with E-state index >= 15 is 0 Å². The van der Waals surface area contributed by atoms with Crippen LogP contribution < -0.4 is 11.5 Å². The summed E-state index contributed by atoms with van der Waals surface area (Å²) in [6.45, 7) is 9.49. The van der Waals surface area contributed by atoms with Gasteiger partial charge in [0.25, 0.3) is 0 Å². The minimum absolute atomic E-state index is 0.159. The Bertz CT molecular complexity index is 305. The van der Waals surface area contributed by atoms with Gasteiger partial charge in [0.05, 0.1) is 0 Å². The zero-order valence-electron chi connectivity index (χ0n) is 10.0. The first kappa shape index (κ1) is 12.2. The van der Waals surface area contributed by atoms with E-state index in [1.165, 1.54) is 0 Å². The van der Waals surface area contributed by atoms with Gasteiger partial charge in [-0.1, -0.05) is 6.08 Å². The van der Waals surface area contributed by atoms with Gasteiger partial charge in [-0.3, -0.25) is 9.69 Å². The van der Waals surface area contributed by atoms with E-state index in [1.54, 1.807) is 0 Å². The molecule has 0 aromatic rings. The molecule has 1 aliphatic heterocycles. The van der Waals surface area contributed by atoms with Gasteiger partial charge < -0.3 is 11.5 Å². The second-order valence-electron chi connectivity index (χ2n) is 5.08. The van der Waals surface area contributed by atoms with E-state index in [0.29, 0.717) is 12.1 Å². The Kier molecular flexibility index (Phi) is 2.94. The summed E-state index contributed by atoms with van der Waals surface area (Å²) < 4.78 is 0. The highest BCUT2D eigenvalue weighted by atomic mass is 16.1. The van der Waals surface area contributed by atoms with Gasteiger partial charge in [0, 0.05) is 29.7 Å². The molecule has 0 saturated heterocycles. The molecule has 4 heteroatoms. The molecule has 0 radical (unpaired) electrons. The van der Waals surface area contributed by atoms with Crippen molar-refractivity contribution in [2.45, 2.75) is 38.8 Å². The van der Waals surface area contributed by atoms with Crippen molar-refractivity contribution in [3.8, 4) is 0 Å². The maximum absolute atomic E-state index is 11.4. The van der Waals surface area contributed by atoms with Crippen LogP contribution in [0.3, 0.4) is 0 Å². The molecule has 0 bridgehead atoms. The lowest BCUT2D eigenvalue weighted by molar-refractivity contribution is -0.115. The molecule has 0 saturated carbocycles. The molecule has 0 aromatic carbocycles. The molecule has 0 unspecified atom stereocenters. The first-order valence-electron chi connectivity index (χ1n) is 5.24. The van der Waals surface area contributed by atoms with Crippen LogP contribution in [0.1, 0.15) is 27.7 Å². The number of hydrogen-bond donors (Lipinski definition) is 2. The smallest absolute Gasteiger partial charge is 0.246 e. The van der Waals surface area contributed by atoms with Crippen LogP contribution in [-0.4, -0.2) is 35.0 Å². The molecule has 1 aliphatic rings. The first-order valence-corrected chi connectivity index (χ1v) is 5.24. The normalized spacial score (nSPS) is 23.9. The number of amides is 1. The molecule has 0 aliphatic carbocycles. The van der Waals surface area contributed by atoms with E-state index in [-0.39, 0.29) is 17.0 Å². The van der Waals surface area contributed by atoms with Crippen LogP contribution >= 0.6 is 0 Å². The molecule has 0 atom stereocenters. The number of nitrogens with two attached hydrogens (primary N) is 2. The maximum Gasteiger partial charge on any atom is 0.246 e. The lowest BCUT2D eigenvalue weighted by Gasteiger charge is -2.41. The quantitative estimate of drug-likeness (QED) is 0.702. The Morgan fingerprint density at radius 1 is 1.40 bits per heavy atom. The number of hydrogen-bond acceptors (Lipinski definition) is 3. The number of primary amides is 1. The van der Waals surface area contributed by atoms with Gasteiger partial charge in [-0.05, 0) is 27.7 Å². The van der Waals surface area contributed by atoms with Gasteiger partial charge in [-0.15, -0.1) is 0 Å². The molecular weight excluding hydrogens is 190 g/mol. The lowest BCUT2D eigenvalue weighted by Crippen LogP contribution is -2.53. The summed E-state index contributed by atoms with van der Waals surface area (Å²) in [5, 5.41) is 0. The van der Waals surface area contributed by atoms with Crippen molar-refractivity contribution in [2.24, 2.45) is 11.5 Å². The largest absolute Gasteiger partial charge is 0.366 e. The Hall–Kier alpha value is -0.870. The summed E-state index contributed by atoms with van der Waals surface area (Å²) in [4.78, 5) is 13.6. The topological polar surface area (TPSA) is 72.4 Å². The molecule has 4 nitrogen and oxygen atoms in total. The third-order valence-electron chi connectivity index (χ3n) is 3.15. The van der Waals surface area contributed by atoms with Crippen molar-refractivity contribution in [2.75, 3.05) is 13.1 Å². The number of rotatable bonds is 3. The summed E-state index contributed by atoms with van der Waals surface area (Å²) in [5.41, 5.74) is 11.2. The highest BCUT2D eigenvalue weighted by molar-refractivity contribution is 5.95. The van der Waals surface area contributed by atoms with Gasteiger partial charge >= 0.3 is 0 Å². The van der Waals surface area contributed by atoms with Gasteiger partial charge in [0.2, 0.25) is 5.91 Å². The van der Waals surface area contributed by atoms with Crippen molar-refractivity contribution >= 4 is 5.91 Å². The monoisotopic (exact) mass is 211 g/mol. The standard InChI is InChI=1S/C11H21N3O/c1-10(2)7-8(9(13)15)11(3,4)14(10)6-5-12/h7H,5-6,12H2,1-4H3,(H2,13,15). The Morgan fingerprint density at radius 2 is 1.93 bits per heavy atom. The minimum Gasteiger partial charge on any atom is -0.366 e. The van der Waals surface area contributed by atoms with E-state index in [9.17, 15) is 4.79 Å². The SMILES string of the molecule is CC1(C)C=C(C(N)=O)C(C)(C)N1CCN. The summed E-state index contributed by atoms with van der Waals surface area (Å²) in [6.07, 6.45) is 1.95. The van der Waals surface area contributed by atoms with Crippen LogP contribution in [0.2, 0.25) is 0 Å². The van der Waals surface area contributed by atoms with Gasteiger partial charge in [-0.2, -0.15) is 0 Å². The van der Waals surface area contributed by atoms with E-state index < -0.39 is 0 Å². The van der Waals surface area contributed by atoms with Crippen molar-refractivity contribution in [1.29, 1.82) is 0 Å². The van der Waals surface area contributed by atoms with E-state index in [1.807, 2.05) is 19.9 Å². The average molecular weight is 211 g/mol. The second-order valence-corrected chi connectivity index (χ2v) is 5.08. The molecule has 4 N–H and O–H groups in total. The van der Waals surface area contributed by atoms with Crippen LogP contribution in [-0.2, 0) is 4.79 Å². The van der Waals surface area contributed by atoms with Crippen molar-refractivity contribution in [3.05, 3.63) is 11.6 Å². The molecule has 0 aromatic heterocycles. The molecule has 1 heterocycles. The highest BCUT2D eigenvalue weighted by Gasteiger charge is 2.46. The number of nitrogens with zero attached hydrogens (tertiary/aromatic N) is 1. The van der Waals surface area contributed by atoms with Crippen LogP contribution in [0.4, 0.5) is 0 Å². The van der Waals surface area contributed by atoms with Crippen LogP contribution in [0, 0.1) is 0 Å². The minimum atomic E-state index is -0.340. The molecular formula is C11H21N3O. The third kappa shape index (κ3) is 1.92. The summed E-state index contributed by atoms with van der Waals surface area (Å²) in [5.74, 6) is -0.340. The Morgan fingerprint density at radius 3 is 2.27 bits per heavy atom.